The van der Waals surface area contributed by atoms with E-state index in [1.165, 1.54) is 0 Å². The molecule has 0 spiro atoms. The molecule has 1 amide bonds. The van der Waals surface area contributed by atoms with Crippen molar-refractivity contribution in [1.82, 2.24) is 25.5 Å². The van der Waals surface area contributed by atoms with Crippen LogP contribution in [0.15, 0.2) is 41.3 Å². The number of anilines is 2. The normalized spacial score (nSPS) is 10.4. The minimum atomic E-state index is -1.06. The number of methoxy groups -OCH3 is 1. The number of rotatable bonds is 9. The van der Waals surface area contributed by atoms with Gasteiger partial charge >= 0.3 is 6.09 Å². The monoisotopic (exact) mass is 462 g/mol. The van der Waals surface area contributed by atoms with Crippen LogP contribution in [0.2, 0.25) is 0 Å². The Morgan fingerprint density at radius 3 is 2.79 bits per heavy atom. The van der Waals surface area contributed by atoms with E-state index in [2.05, 4.69) is 46.7 Å². The molecule has 0 saturated carbocycles. The number of nitrogens with zero attached hydrogens (tertiary/aromatic N) is 3. The van der Waals surface area contributed by atoms with Crippen LogP contribution in [0.4, 0.5) is 16.4 Å². The highest BCUT2D eigenvalue weighted by atomic mass is 79.9. The van der Waals surface area contributed by atoms with Crippen molar-refractivity contribution in [3.63, 3.8) is 0 Å². The largest absolute Gasteiger partial charge is 0.496 e. The van der Waals surface area contributed by atoms with Crippen molar-refractivity contribution >= 4 is 33.7 Å². The predicted molar refractivity (Wildman–Crippen MR) is 110 cm³/mol. The van der Waals surface area contributed by atoms with Crippen molar-refractivity contribution in [1.29, 1.82) is 0 Å². The summed E-state index contributed by atoms with van der Waals surface area (Å²) in [6.07, 6.45) is 2.64. The van der Waals surface area contributed by atoms with Crippen LogP contribution in [-0.4, -0.2) is 51.6 Å². The van der Waals surface area contributed by atoms with Gasteiger partial charge in [-0.1, -0.05) is 6.07 Å². The Morgan fingerprint density at radius 1 is 1.24 bits per heavy atom. The fraction of sp³-hybridized carbons (Fsp3) is 0.222. The van der Waals surface area contributed by atoms with Gasteiger partial charge in [0.2, 0.25) is 0 Å². The molecule has 2 heterocycles. The fourth-order valence-electron chi connectivity index (χ4n) is 2.54. The van der Waals surface area contributed by atoms with E-state index < -0.39 is 6.09 Å². The van der Waals surface area contributed by atoms with Crippen LogP contribution in [-0.2, 0) is 0 Å². The van der Waals surface area contributed by atoms with E-state index in [1.807, 2.05) is 18.2 Å². The van der Waals surface area contributed by atoms with Gasteiger partial charge < -0.3 is 25.2 Å². The van der Waals surface area contributed by atoms with E-state index >= 15 is 0 Å². The number of hydrogen-bond acceptors (Lipinski definition) is 7. The molecule has 0 aliphatic heterocycles. The van der Waals surface area contributed by atoms with Crippen LogP contribution in [0.5, 0.6) is 11.5 Å². The first-order valence-electron chi connectivity index (χ1n) is 8.63. The molecule has 11 heteroatoms. The van der Waals surface area contributed by atoms with Gasteiger partial charge in [0.15, 0.2) is 5.82 Å². The molecular weight excluding hydrogens is 444 g/mol. The van der Waals surface area contributed by atoms with Crippen LogP contribution in [0.1, 0.15) is 6.42 Å². The summed E-state index contributed by atoms with van der Waals surface area (Å²) in [4.78, 5) is 18.8. The minimum Gasteiger partial charge on any atom is -0.496 e. The molecule has 0 atom stereocenters. The third-order valence-corrected chi connectivity index (χ3v) is 4.20. The van der Waals surface area contributed by atoms with E-state index in [4.69, 9.17) is 14.6 Å². The molecule has 0 unspecified atom stereocenters. The topological polar surface area (TPSA) is 134 Å². The van der Waals surface area contributed by atoms with Gasteiger partial charge in [0, 0.05) is 12.6 Å². The molecule has 1 aromatic carbocycles. The van der Waals surface area contributed by atoms with E-state index in [0.29, 0.717) is 58.6 Å². The maximum Gasteiger partial charge on any atom is 0.404 e. The number of H-pyrrole nitrogens is 1. The molecule has 0 aliphatic carbocycles. The van der Waals surface area contributed by atoms with Gasteiger partial charge in [-0.2, -0.15) is 5.10 Å². The van der Waals surface area contributed by atoms with Crippen molar-refractivity contribution in [2.24, 2.45) is 0 Å². The SMILES string of the molecule is COc1cccc(OCCCNC(=O)O)c1-c1cc(Nc2cnc(Br)cn2)n[nH]1. The van der Waals surface area contributed by atoms with Gasteiger partial charge in [-0.3, -0.25) is 5.10 Å². The van der Waals surface area contributed by atoms with Crippen LogP contribution in [0.3, 0.4) is 0 Å². The summed E-state index contributed by atoms with van der Waals surface area (Å²) < 4.78 is 12.0. The highest BCUT2D eigenvalue weighted by molar-refractivity contribution is 9.10. The Bertz CT molecular complexity index is 963. The number of aromatic nitrogens is 4. The predicted octanol–water partition coefficient (Wildman–Crippen LogP) is 3.42. The summed E-state index contributed by atoms with van der Waals surface area (Å²) in [6, 6.07) is 7.26. The zero-order valence-electron chi connectivity index (χ0n) is 15.5. The van der Waals surface area contributed by atoms with Crippen LogP contribution < -0.4 is 20.1 Å². The van der Waals surface area contributed by atoms with Gasteiger partial charge in [0.1, 0.15) is 21.9 Å². The number of halogens is 1. The second kappa shape index (κ2) is 9.73. The maximum absolute atomic E-state index is 10.5. The maximum atomic E-state index is 10.5. The lowest BCUT2D eigenvalue weighted by Crippen LogP contribution is -2.23. The molecule has 10 nitrogen and oxygen atoms in total. The van der Waals surface area contributed by atoms with Crippen molar-refractivity contribution in [3.8, 4) is 22.8 Å². The molecule has 0 saturated heterocycles. The molecule has 0 aliphatic rings. The van der Waals surface area contributed by atoms with E-state index in [-0.39, 0.29) is 0 Å². The average Bonchev–Trinajstić information content (AvgIpc) is 3.17. The Morgan fingerprint density at radius 2 is 2.07 bits per heavy atom. The van der Waals surface area contributed by atoms with Gasteiger partial charge in [0.05, 0.1) is 37.4 Å². The van der Waals surface area contributed by atoms with Crippen molar-refractivity contribution < 1.29 is 19.4 Å². The van der Waals surface area contributed by atoms with Crippen molar-refractivity contribution in [2.75, 3.05) is 25.6 Å². The number of aromatic amines is 1. The number of nitrogens with one attached hydrogen (secondary N) is 3. The third-order valence-electron chi connectivity index (χ3n) is 3.79. The summed E-state index contributed by atoms with van der Waals surface area (Å²) in [5.74, 6) is 2.32. The fourth-order valence-corrected chi connectivity index (χ4v) is 2.74. The first-order chi connectivity index (χ1) is 14.1. The average molecular weight is 463 g/mol. The summed E-state index contributed by atoms with van der Waals surface area (Å²) in [5.41, 5.74) is 1.40. The van der Waals surface area contributed by atoms with Gasteiger partial charge in [0.25, 0.3) is 0 Å². The zero-order valence-corrected chi connectivity index (χ0v) is 17.1. The molecule has 0 fully saturated rings. The number of carbonyl (C=O) groups is 1. The lowest BCUT2D eigenvalue weighted by atomic mass is 10.1. The van der Waals surface area contributed by atoms with Gasteiger partial charge in [-0.25, -0.2) is 14.8 Å². The van der Waals surface area contributed by atoms with Crippen molar-refractivity contribution in [2.45, 2.75) is 6.42 Å². The Labute approximate surface area is 174 Å². The van der Waals surface area contributed by atoms with E-state index in [1.54, 1.807) is 25.6 Å². The number of ether oxygens (including phenoxy) is 2. The standard InChI is InChI=1S/C18H19BrN6O4/c1-28-12-4-2-5-13(29-7-3-6-20-18(26)27)17(12)11-8-15(25-24-11)23-16-10-21-14(19)9-22-16/h2,4-5,8-10,20H,3,6-7H2,1H3,(H,26,27)(H2,22,23,24,25). The lowest BCUT2D eigenvalue weighted by Gasteiger charge is -2.13. The molecule has 4 N–H and O–H groups in total. The Kier molecular flexibility index (Phi) is 6.85. The highest BCUT2D eigenvalue weighted by Crippen LogP contribution is 2.38. The molecule has 0 radical (unpaired) electrons. The highest BCUT2D eigenvalue weighted by Gasteiger charge is 2.16. The number of benzene rings is 1. The Hall–Kier alpha value is -3.34. The first-order valence-corrected chi connectivity index (χ1v) is 9.43. The summed E-state index contributed by atoms with van der Waals surface area (Å²) in [6.45, 7) is 0.648. The van der Waals surface area contributed by atoms with Crippen LogP contribution in [0, 0.1) is 0 Å². The van der Waals surface area contributed by atoms with Gasteiger partial charge in [-0.15, -0.1) is 0 Å². The number of carboxylic acid groups (broad SMARTS) is 1. The molecule has 3 rings (SSSR count). The summed E-state index contributed by atoms with van der Waals surface area (Å²) >= 11 is 3.24. The molecule has 152 valence electrons. The smallest absolute Gasteiger partial charge is 0.404 e. The van der Waals surface area contributed by atoms with Crippen LogP contribution in [0.25, 0.3) is 11.3 Å². The zero-order chi connectivity index (χ0) is 20.6. The second-order valence-corrected chi connectivity index (χ2v) is 6.60. The van der Waals surface area contributed by atoms with E-state index in [9.17, 15) is 4.79 Å². The van der Waals surface area contributed by atoms with Crippen molar-refractivity contribution in [3.05, 3.63) is 41.3 Å². The molecule has 0 bridgehead atoms. The molecule has 29 heavy (non-hydrogen) atoms. The number of hydrogen-bond donors (Lipinski definition) is 4. The molecule has 3 aromatic rings. The molecule has 2 aromatic heterocycles. The van der Waals surface area contributed by atoms with Crippen LogP contribution >= 0.6 is 15.9 Å². The third kappa shape index (κ3) is 5.57. The number of amides is 1. The van der Waals surface area contributed by atoms with E-state index in [0.717, 1.165) is 0 Å². The minimum absolute atomic E-state index is 0.307. The summed E-state index contributed by atoms with van der Waals surface area (Å²) in [7, 11) is 1.58. The van der Waals surface area contributed by atoms with Gasteiger partial charge in [-0.05, 0) is 34.5 Å². The molecular formula is C18H19BrN6O4. The summed E-state index contributed by atoms with van der Waals surface area (Å²) in [5, 5.41) is 21.2. The Balaban J connectivity index is 1.75. The second-order valence-electron chi connectivity index (χ2n) is 5.78. The lowest BCUT2D eigenvalue weighted by molar-refractivity contribution is 0.193. The quantitative estimate of drug-likeness (QED) is 0.355. The first kappa shape index (κ1) is 20.4.